The number of allylic oxidation sites excluding steroid dienone is 1. The molecule has 1 rings (SSSR count). The molecule has 0 fully saturated rings. The average molecular weight is 180 g/mol. The molecule has 0 saturated carbocycles. The maximum atomic E-state index is 10.3. The van der Waals surface area contributed by atoms with Crippen LogP contribution >= 0.6 is 0 Å². The van der Waals surface area contributed by atoms with Gasteiger partial charge in [0.15, 0.2) is 0 Å². The quantitative estimate of drug-likeness (QED) is 0.690. The third-order valence-electron chi connectivity index (χ3n) is 1.70. The Labute approximate surface area is 76.5 Å². The third-order valence-corrected chi connectivity index (χ3v) is 1.70. The number of aryl methyl sites for hydroxylation is 1. The maximum absolute atomic E-state index is 10.3. The van der Waals surface area contributed by atoms with E-state index in [2.05, 4.69) is 11.6 Å². The van der Waals surface area contributed by atoms with Crippen molar-refractivity contribution in [2.75, 3.05) is 0 Å². The van der Waals surface area contributed by atoms with Crippen LogP contribution in [0.5, 0.6) is 0 Å². The second-order valence-electron chi connectivity index (χ2n) is 2.67. The van der Waals surface area contributed by atoms with Crippen LogP contribution in [-0.4, -0.2) is 20.6 Å². The number of carbonyl (C=O) groups is 1. The van der Waals surface area contributed by atoms with E-state index in [0.717, 1.165) is 5.82 Å². The van der Waals surface area contributed by atoms with Crippen molar-refractivity contribution in [2.45, 2.75) is 19.4 Å². The van der Waals surface area contributed by atoms with Gasteiger partial charge in [-0.2, -0.15) is 0 Å². The van der Waals surface area contributed by atoms with Gasteiger partial charge in [-0.25, -0.2) is 4.98 Å². The highest BCUT2D eigenvalue weighted by molar-refractivity contribution is 5.66. The predicted molar refractivity (Wildman–Crippen MR) is 48.4 cm³/mol. The van der Waals surface area contributed by atoms with Gasteiger partial charge in [0.2, 0.25) is 0 Å². The normalized spacial score (nSPS) is 9.85. The van der Waals surface area contributed by atoms with Gasteiger partial charge in [-0.05, 0) is 0 Å². The summed E-state index contributed by atoms with van der Waals surface area (Å²) >= 11 is 0. The first-order valence-corrected chi connectivity index (χ1v) is 4.06. The Kier molecular flexibility index (Phi) is 3.25. The Morgan fingerprint density at radius 1 is 1.77 bits per heavy atom. The molecule has 13 heavy (non-hydrogen) atoms. The number of carboxylic acid groups (broad SMARTS) is 1. The molecular formula is C9H12N2O2. The first kappa shape index (κ1) is 9.51. The number of aliphatic carboxylic acids is 1. The van der Waals surface area contributed by atoms with Gasteiger partial charge < -0.3 is 9.67 Å². The van der Waals surface area contributed by atoms with Crippen LogP contribution in [-0.2, 0) is 17.8 Å². The van der Waals surface area contributed by atoms with Gasteiger partial charge in [-0.15, -0.1) is 6.58 Å². The van der Waals surface area contributed by atoms with Gasteiger partial charge in [0, 0.05) is 25.4 Å². The minimum Gasteiger partial charge on any atom is -0.481 e. The molecule has 0 amide bonds. The molecule has 70 valence electrons. The molecule has 0 aliphatic carbocycles. The Morgan fingerprint density at radius 3 is 3.15 bits per heavy atom. The molecule has 1 heterocycles. The largest absolute Gasteiger partial charge is 0.481 e. The van der Waals surface area contributed by atoms with Crippen molar-refractivity contribution in [1.82, 2.24) is 9.55 Å². The summed E-state index contributed by atoms with van der Waals surface area (Å²) < 4.78 is 1.83. The fraction of sp³-hybridized carbons (Fsp3) is 0.333. The molecule has 0 aromatic carbocycles. The van der Waals surface area contributed by atoms with E-state index in [9.17, 15) is 4.79 Å². The van der Waals surface area contributed by atoms with E-state index in [1.165, 1.54) is 0 Å². The fourth-order valence-corrected chi connectivity index (χ4v) is 1.08. The van der Waals surface area contributed by atoms with E-state index in [-0.39, 0.29) is 6.42 Å². The minimum atomic E-state index is -0.793. The molecular weight excluding hydrogens is 168 g/mol. The maximum Gasteiger partial charge on any atom is 0.305 e. The van der Waals surface area contributed by atoms with Crippen LogP contribution in [0.3, 0.4) is 0 Å². The van der Waals surface area contributed by atoms with Crippen LogP contribution in [0, 0.1) is 0 Å². The number of hydrogen-bond donors (Lipinski definition) is 1. The van der Waals surface area contributed by atoms with Crippen molar-refractivity contribution in [3.8, 4) is 0 Å². The zero-order valence-corrected chi connectivity index (χ0v) is 7.31. The number of hydrogen-bond acceptors (Lipinski definition) is 2. The first-order chi connectivity index (χ1) is 6.24. The van der Waals surface area contributed by atoms with E-state index in [1.807, 2.05) is 4.57 Å². The molecule has 0 spiro atoms. The molecule has 4 nitrogen and oxygen atoms in total. The first-order valence-electron chi connectivity index (χ1n) is 4.06. The highest BCUT2D eigenvalue weighted by atomic mass is 16.4. The van der Waals surface area contributed by atoms with E-state index >= 15 is 0 Å². The summed E-state index contributed by atoms with van der Waals surface area (Å²) in [7, 11) is 0. The predicted octanol–water partition coefficient (Wildman–Crippen LogP) is 1.09. The minimum absolute atomic E-state index is 0.125. The van der Waals surface area contributed by atoms with E-state index in [0.29, 0.717) is 13.0 Å². The molecule has 0 aliphatic heterocycles. The van der Waals surface area contributed by atoms with Crippen LogP contribution in [0.1, 0.15) is 12.2 Å². The Balaban J connectivity index is 2.59. The third kappa shape index (κ3) is 2.74. The SMILES string of the molecule is C=CCc1nccn1CCC(=O)O. The molecule has 0 unspecified atom stereocenters. The Hall–Kier alpha value is -1.58. The lowest BCUT2D eigenvalue weighted by Gasteiger charge is -2.03. The van der Waals surface area contributed by atoms with Gasteiger partial charge in [0.1, 0.15) is 5.82 Å². The van der Waals surface area contributed by atoms with E-state index in [4.69, 9.17) is 5.11 Å². The van der Waals surface area contributed by atoms with E-state index < -0.39 is 5.97 Å². The molecule has 0 radical (unpaired) electrons. The number of carboxylic acids is 1. The van der Waals surface area contributed by atoms with Crippen LogP contribution in [0.4, 0.5) is 0 Å². The molecule has 0 aliphatic rings. The molecule has 0 bridgehead atoms. The summed E-state index contributed by atoms with van der Waals surface area (Å²) in [5, 5.41) is 8.48. The summed E-state index contributed by atoms with van der Waals surface area (Å²) in [5.74, 6) is 0.0644. The van der Waals surface area contributed by atoms with Crippen molar-refractivity contribution >= 4 is 5.97 Å². The summed E-state index contributed by atoms with van der Waals surface area (Å²) in [4.78, 5) is 14.4. The zero-order chi connectivity index (χ0) is 9.68. The zero-order valence-electron chi connectivity index (χ0n) is 7.31. The highest BCUT2D eigenvalue weighted by Crippen LogP contribution is 2.00. The molecule has 1 N–H and O–H groups in total. The van der Waals surface area contributed by atoms with Gasteiger partial charge in [-0.1, -0.05) is 6.08 Å². The van der Waals surface area contributed by atoms with Gasteiger partial charge in [0.25, 0.3) is 0 Å². The van der Waals surface area contributed by atoms with Gasteiger partial charge >= 0.3 is 5.97 Å². The number of nitrogens with zero attached hydrogens (tertiary/aromatic N) is 2. The van der Waals surface area contributed by atoms with Crippen LogP contribution in [0.25, 0.3) is 0 Å². The molecule has 0 atom stereocenters. The summed E-state index contributed by atoms with van der Waals surface area (Å²) in [6.45, 7) is 4.07. The van der Waals surface area contributed by atoms with Crippen LogP contribution in [0.15, 0.2) is 25.0 Å². The summed E-state index contributed by atoms with van der Waals surface area (Å²) in [6.07, 6.45) is 6.00. The molecule has 0 saturated heterocycles. The van der Waals surface area contributed by atoms with Crippen molar-refractivity contribution in [3.05, 3.63) is 30.9 Å². The molecule has 1 aromatic heterocycles. The standard InChI is InChI=1S/C9H12N2O2/c1-2-3-8-10-5-7-11(8)6-4-9(12)13/h2,5,7H,1,3-4,6H2,(H,12,13). The number of imidazole rings is 1. The lowest BCUT2D eigenvalue weighted by molar-refractivity contribution is -0.137. The van der Waals surface area contributed by atoms with Crippen molar-refractivity contribution in [3.63, 3.8) is 0 Å². The van der Waals surface area contributed by atoms with Crippen molar-refractivity contribution in [1.29, 1.82) is 0 Å². The number of rotatable bonds is 5. The topological polar surface area (TPSA) is 55.1 Å². The van der Waals surface area contributed by atoms with Gasteiger partial charge in [0.05, 0.1) is 6.42 Å². The van der Waals surface area contributed by atoms with E-state index in [1.54, 1.807) is 18.5 Å². The Morgan fingerprint density at radius 2 is 2.54 bits per heavy atom. The fourth-order valence-electron chi connectivity index (χ4n) is 1.08. The lowest BCUT2D eigenvalue weighted by Crippen LogP contribution is -2.06. The monoisotopic (exact) mass is 180 g/mol. The summed E-state index contributed by atoms with van der Waals surface area (Å²) in [6, 6.07) is 0. The molecule has 1 aromatic rings. The van der Waals surface area contributed by atoms with Crippen LogP contribution in [0.2, 0.25) is 0 Å². The summed E-state index contributed by atoms with van der Waals surface area (Å²) in [5.41, 5.74) is 0. The van der Waals surface area contributed by atoms with Gasteiger partial charge in [-0.3, -0.25) is 4.79 Å². The van der Waals surface area contributed by atoms with Crippen molar-refractivity contribution < 1.29 is 9.90 Å². The molecule has 4 heteroatoms. The highest BCUT2D eigenvalue weighted by Gasteiger charge is 2.02. The Bertz CT molecular complexity index is 304. The second-order valence-corrected chi connectivity index (χ2v) is 2.67. The lowest BCUT2D eigenvalue weighted by atomic mass is 10.3. The number of aromatic nitrogens is 2. The van der Waals surface area contributed by atoms with Crippen LogP contribution < -0.4 is 0 Å². The smallest absolute Gasteiger partial charge is 0.305 e. The average Bonchev–Trinajstić information content (AvgIpc) is 2.49. The second kappa shape index (κ2) is 4.45. The van der Waals surface area contributed by atoms with Crippen molar-refractivity contribution in [2.24, 2.45) is 0 Å².